The summed E-state index contributed by atoms with van der Waals surface area (Å²) in [6, 6.07) is 4.19. The van der Waals surface area contributed by atoms with E-state index in [2.05, 4.69) is 4.98 Å². The minimum atomic E-state index is -1.42. The number of halogens is 1. The van der Waals surface area contributed by atoms with Gasteiger partial charge in [0.05, 0.1) is 21.4 Å². The van der Waals surface area contributed by atoms with Crippen molar-refractivity contribution in [2.45, 2.75) is 17.6 Å². The molecule has 0 saturated carbocycles. The third-order valence-corrected chi connectivity index (χ3v) is 4.63. The van der Waals surface area contributed by atoms with Crippen molar-refractivity contribution in [2.75, 3.05) is 5.73 Å². The van der Waals surface area contributed by atoms with Gasteiger partial charge in [-0.25, -0.2) is 9.37 Å². The van der Waals surface area contributed by atoms with Crippen LogP contribution in [0.2, 0.25) is 0 Å². The Morgan fingerprint density at radius 3 is 2.88 bits per heavy atom. The Balaban J connectivity index is 2.20. The zero-order valence-electron chi connectivity index (χ0n) is 9.14. The normalized spacial score (nSPS) is 12.6. The number of nitrogen functional groups attached to an aromatic ring is 1. The van der Waals surface area contributed by atoms with Crippen LogP contribution >= 0.6 is 11.3 Å². The van der Waals surface area contributed by atoms with E-state index in [0.717, 1.165) is 10.7 Å². The third kappa shape index (κ3) is 2.89. The van der Waals surface area contributed by atoms with Gasteiger partial charge in [0.2, 0.25) is 0 Å². The molecule has 1 unspecified atom stereocenters. The highest BCUT2D eigenvalue weighted by Gasteiger charge is 2.12. The van der Waals surface area contributed by atoms with Crippen LogP contribution in [-0.4, -0.2) is 9.19 Å². The molecule has 90 valence electrons. The van der Waals surface area contributed by atoms with Crippen molar-refractivity contribution in [3.63, 3.8) is 0 Å². The van der Waals surface area contributed by atoms with Gasteiger partial charge in [-0.05, 0) is 25.1 Å². The molecular weight excluding hydrogens is 259 g/mol. The first-order chi connectivity index (χ1) is 8.06. The maximum atomic E-state index is 13.5. The first-order valence-corrected chi connectivity index (χ1v) is 7.10. The minimum Gasteiger partial charge on any atom is -0.399 e. The topological polar surface area (TPSA) is 56.0 Å². The van der Waals surface area contributed by atoms with Crippen molar-refractivity contribution in [2.24, 2.45) is 0 Å². The fourth-order valence-corrected chi connectivity index (χ4v) is 3.45. The number of rotatable bonds is 3. The summed E-state index contributed by atoms with van der Waals surface area (Å²) in [5.41, 5.74) is 6.65. The number of nitrogens with two attached hydrogens (primary N) is 1. The van der Waals surface area contributed by atoms with Gasteiger partial charge < -0.3 is 5.73 Å². The Bertz CT molecular complexity index is 568. The molecule has 0 amide bonds. The van der Waals surface area contributed by atoms with Crippen LogP contribution in [0.3, 0.4) is 0 Å². The van der Waals surface area contributed by atoms with Crippen molar-refractivity contribution in [1.29, 1.82) is 0 Å². The lowest BCUT2D eigenvalue weighted by atomic mass is 10.3. The Hall–Kier alpha value is -1.27. The van der Waals surface area contributed by atoms with Gasteiger partial charge in [-0.2, -0.15) is 0 Å². The second-order valence-electron chi connectivity index (χ2n) is 3.56. The minimum absolute atomic E-state index is 0.173. The predicted octanol–water partition coefficient (Wildman–Crippen LogP) is 2.48. The van der Waals surface area contributed by atoms with Gasteiger partial charge in [-0.15, -0.1) is 11.3 Å². The molecule has 2 rings (SSSR count). The van der Waals surface area contributed by atoms with Gasteiger partial charge in [0.1, 0.15) is 10.8 Å². The number of aryl methyl sites for hydroxylation is 1. The summed E-state index contributed by atoms with van der Waals surface area (Å²) >= 11 is 1.43. The SMILES string of the molecule is Cc1csc(CS(=O)c2ccc(N)cc2F)n1. The Labute approximate surface area is 105 Å². The van der Waals surface area contributed by atoms with Gasteiger partial charge in [-0.1, -0.05) is 0 Å². The molecule has 0 aliphatic rings. The van der Waals surface area contributed by atoms with E-state index < -0.39 is 16.6 Å². The van der Waals surface area contributed by atoms with Crippen LogP contribution in [0.5, 0.6) is 0 Å². The maximum absolute atomic E-state index is 13.5. The predicted molar refractivity (Wildman–Crippen MR) is 67.8 cm³/mol. The number of aromatic nitrogens is 1. The lowest BCUT2D eigenvalue weighted by molar-refractivity contribution is 0.596. The second-order valence-corrected chi connectivity index (χ2v) is 5.92. The molecule has 17 heavy (non-hydrogen) atoms. The van der Waals surface area contributed by atoms with Gasteiger partial charge in [0.15, 0.2) is 0 Å². The lowest BCUT2D eigenvalue weighted by Gasteiger charge is -2.02. The highest BCUT2D eigenvalue weighted by Crippen LogP contribution is 2.19. The molecule has 1 aromatic carbocycles. The van der Waals surface area contributed by atoms with Crippen molar-refractivity contribution >= 4 is 27.8 Å². The Kier molecular flexibility index (Phi) is 3.54. The molecular formula is C11H11FN2OS2. The molecule has 6 heteroatoms. The second kappa shape index (κ2) is 4.93. The molecule has 0 aliphatic heterocycles. The number of hydrogen-bond donors (Lipinski definition) is 1. The summed E-state index contributed by atoms with van der Waals surface area (Å²) in [5, 5.41) is 2.63. The van der Waals surface area contributed by atoms with Gasteiger partial charge >= 0.3 is 0 Å². The van der Waals surface area contributed by atoms with E-state index in [0.29, 0.717) is 5.69 Å². The van der Waals surface area contributed by atoms with E-state index >= 15 is 0 Å². The fraction of sp³-hybridized carbons (Fsp3) is 0.182. The standard InChI is InChI=1S/C11H11FN2OS2/c1-7-5-16-11(14-7)6-17(15)10-3-2-8(13)4-9(10)12/h2-5H,6,13H2,1H3. The first-order valence-electron chi connectivity index (χ1n) is 4.90. The summed E-state index contributed by atoms with van der Waals surface area (Å²) in [7, 11) is -1.42. The van der Waals surface area contributed by atoms with E-state index in [9.17, 15) is 8.60 Å². The van der Waals surface area contributed by atoms with E-state index in [1.807, 2.05) is 12.3 Å². The van der Waals surface area contributed by atoms with Crippen molar-refractivity contribution < 1.29 is 8.60 Å². The molecule has 2 aromatic rings. The van der Waals surface area contributed by atoms with Crippen molar-refractivity contribution in [3.05, 3.63) is 40.1 Å². The van der Waals surface area contributed by atoms with Gasteiger partial charge in [-0.3, -0.25) is 4.21 Å². The van der Waals surface area contributed by atoms with Crippen LogP contribution in [0.25, 0.3) is 0 Å². The van der Waals surface area contributed by atoms with Crippen molar-refractivity contribution in [3.8, 4) is 0 Å². The number of hydrogen-bond acceptors (Lipinski definition) is 4. The first kappa shape index (κ1) is 12.2. The van der Waals surface area contributed by atoms with Crippen LogP contribution < -0.4 is 5.73 Å². The van der Waals surface area contributed by atoms with Crippen molar-refractivity contribution in [1.82, 2.24) is 4.98 Å². The highest BCUT2D eigenvalue weighted by atomic mass is 32.2. The van der Waals surface area contributed by atoms with E-state index in [1.54, 1.807) is 6.07 Å². The van der Waals surface area contributed by atoms with Crippen LogP contribution in [-0.2, 0) is 16.6 Å². The highest BCUT2D eigenvalue weighted by molar-refractivity contribution is 7.84. The van der Waals surface area contributed by atoms with E-state index in [1.165, 1.54) is 23.5 Å². The quantitative estimate of drug-likeness (QED) is 0.872. The lowest BCUT2D eigenvalue weighted by Crippen LogP contribution is -2.00. The van der Waals surface area contributed by atoms with E-state index in [-0.39, 0.29) is 10.6 Å². The summed E-state index contributed by atoms with van der Waals surface area (Å²) in [6.45, 7) is 1.87. The molecule has 2 N–H and O–H groups in total. The van der Waals surface area contributed by atoms with Crippen LogP contribution in [0.1, 0.15) is 10.7 Å². The molecule has 0 bridgehead atoms. The van der Waals surface area contributed by atoms with Crippen LogP contribution in [0.4, 0.5) is 10.1 Å². The monoisotopic (exact) mass is 270 g/mol. The molecule has 1 heterocycles. The average molecular weight is 270 g/mol. The van der Waals surface area contributed by atoms with Crippen LogP contribution in [0.15, 0.2) is 28.5 Å². The molecule has 1 aromatic heterocycles. The molecule has 0 saturated heterocycles. The van der Waals surface area contributed by atoms with Crippen LogP contribution in [0, 0.1) is 12.7 Å². The summed E-state index contributed by atoms with van der Waals surface area (Å²) < 4.78 is 25.5. The number of benzene rings is 1. The molecule has 0 spiro atoms. The average Bonchev–Trinajstić information content (AvgIpc) is 2.63. The largest absolute Gasteiger partial charge is 0.399 e. The Morgan fingerprint density at radius 1 is 1.53 bits per heavy atom. The molecule has 0 aliphatic carbocycles. The smallest absolute Gasteiger partial charge is 0.141 e. The Morgan fingerprint density at radius 2 is 2.29 bits per heavy atom. The number of thiazole rings is 1. The van der Waals surface area contributed by atoms with E-state index in [4.69, 9.17) is 5.73 Å². The van der Waals surface area contributed by atoms with Gasteiger partial charge in [0.25, 0.3) is 0 Å². The number of nitrogens with zero attached hydrogens (tertiary/aromatic N) is 1. The molecule has 0 radical (unpaired) electrons. The fourth-order valence-electron chi connectivity index (χ4n) is 1.36. The molecule has 0 fully saturated rings. The molecule has 3 nitrogen and oxygen atoms in total. The summed E-state index contributed by atoms with van der Waals surface area (Å²) in [5.74, 6) is -0.295. The summed E-state index contributed by atoms with van der Waals surface area (Å²) in [6.07, 6.45) is 0. The van der Waals surface area contributed by atoms with Gasteiger partial charge in [0, 0.05) is 16.8 Å². The third-order valence-electron chi connectivity index (χ3n) is 2.12. The number of anilines is 1. The maximum Gasteiger partial charge on any atom is 0.141 e. The zero-order valence-corrected chi connectivity index (χ0v) is 10.8. The summed E-state index contributed by atoms with van der Waals surface area (Å²) in [4.78, 5) is 4.37. The zero-order chi connectivity index (χ0) is 12.4. The molecule has 1 atom stereocenters.